The Morgan fingerprint density at radius 3 is 2.25 bits per heavy atom. The number of hydrazone groups is 1. The van der Waals surface area contributed by atoms with Crippen molar-refractivity contribution in [3.63, 3.8) is 0 Å². The van der Waals surface area contributed by atoms with E-state index in [1.165, 1.54) is 12.1 Å². The van der Waals surface area contributed by atoms with E-state index in [4.69, 9.17) is 11.5 Å². The second-order valence-electron chi connectivity index (χ2n) is 3.16. The minimum Gasteiger partial charge on any atom is -0.508 e. The molecular weight excluding hydrogens is 212 g/mol. The first-order valence-corrected chi connectivity index (χ1v) is 4.50. The monoisotopic (exact) mass is 226 g/mol. The molecule has 16 heavy (non-hydrogen) atoms. The Hall–Kier alpha value is -1.83. The quantitative estimate of drug-likeness (QED) is 0.219. The highest BCUT2D eigenvalue weighted by molar-refractivity contribution is 5.66. The molecule has 0 radical (unpaired) electrons. The van der Waals surface area contributed by atoms with Crippen molar-refractivity contribution in [3.8, 4) is 11.5 Å². The molecule has 1 rings (SSSR count). The van der Waals surface area contributed by atoms with Gasteiger partial charge in [0.25, 0.3) is 0 Å². The minimum atomic E-state index is -1.08. The first-order valence-electron chi connectivity index (χ1n) is 4.50. The van der Waals surface area contributed by atoms with E-state index >= 15 is 0 Å². The van der Waals surface area contributed by atoms with Crippen molar-refractivity contribution >= 4 is 6.21 Å². The molecule has 8 N–H and O–H groups in total. The third-order valence-corrected chi connectivity index (χ3v) is 1.71. The Labute approximate surface area is 92.0 Å². The van der Waals surface area contributed by atoms with E-state index in [-0.39, 0.29) is 11.5 Å². The van der Waals surface area contributed by atoms with Crippen LogP contribution in [0, 0.1) is 0 Å². The number of nitrogens with two attached hydrogens (primary N) is 2. The van der Waals surface area contributed by atoms with Crippen LogP contribution in [0.4, 0.5) is 0 Å². The van der Waals surface area contributed by atoms with Crippen molar-refractivity contribution in [2.45, 2.75) is 12.4 Å². The maximum Gasteiger partial charge on any atom is 0.142 e. The molecule has 0 saturated heterocycles. The molecule has 0 bridgehead atoms. The second kappa shape index (κ2) is 5.31. The number of aliphatic hydroxyl groups is 1. The van der Waals surface area contributed by atoms with Gasteiger partial charge >= 0.3 is 0 Å². The van der Waals surface area contributed by atoms with Crippen molar-refractivity contribution < 1.29 is 15.3 Å². The summed E-state index contributed by atoms with van der Waals surface area (Å²) in [4.78, 5) is 0. The number of hydrogen-bond acceptors (Lipinski definition) is 7. The van der Waals surface area contributed by atoms with Gasteiger partial charge in [0.2, 0.25) is 0 Å². The summed E-state index contributed by atoms with van der Waals surface area (Å²) in [6, 6.07) is 3.76. The van der Waals surface area contributed by atoms with Gasteiger partial charge in [-0.25, -0.2) is 0 Å². The van der Waals surface area contributed by atoms with E-state index in [0.717, 1.165) is 12.3 Å². The van der Waals surface area contributed by atoms with Crippen LogP contribution in [0.5, 0.6) is 11.5 Å². The van der Waals surface area contributed by atoms with Gasteiger partial charge in [-0.3, -0.25) is 16.9 Å². The minimum absolute atomic E-state index is 0.147. The zero-order chi connectivity index (χ0) is 12.1. The fourth-order valence-corrected chi connectivity index (χ4v) is 1.07. The molecule has 0 spiro atoms. The van der Waals surface area contributed by atoms with E-state index in [1.807, 2.05) is 0 Å². The SMILES string of the molecule is NC(N)N/N=C/C(O)c1cc(O)cc(O)c1. The fraction of sp³-hybridized carbons (Fsp3) is 0.222. The highest BCUT2D eigenvalue weighted by Gasteiger charge is 2.07. The number of phenols is 2. The first-order chi connectivity index (χ1) is 7.49. The molecule has 0 aliphatic rings. The van der Waals surface area contributed by atoms with Crippen LogP contribution in [-0.2, 0) is 0 Å². The second-order valence-corrected chi connectivity index (χ2v) is 3.16. The third kappa shape index (κ3) is 3.73. The van der Waals surface area contributed by atoms with Crippen molar-refractivity contribution in [1.29, 1.82) is 0 Å². The summed E-state index contributed by atoms with van der Waals surface area (Å²) >= 11 is 0. The molecule has 7 heteroatoms. The molecule has 88 valence electrons. The highest BCUT2D eigenvalue weighted by atomic mass is 16.3. The Balaban J connectivity index is 2.72. The van der Waals surface area contributed by atoms with Crippen molar-refractivity contribution in [2.75, 3.05) is 0 Å². The van der Waals surface area contributed by atoms with Crippen LogP contribution < -0.4 is 16.9 Å². The molecule has 0 saturated carbocycles. The standard InChI is InChI=1S/C9H14N4O3/c10-9(11)13-12-4-8(16)5-1-6(14)3-7(15)2-5/h1-4,8-9,13-16H,10-11H2/b12-4+. The maximum atomic E-state index is 9.59. The van der Waals surface area contributed by atoms with Crippen LogP contribution in [0.3, 0.4) is 0 Å². The lowest BCUT2D eigenvalue weighted by Gasteiger charge is -2.08. The molecule has 0 aliphatic carbocycles. The molecule has 0 aromatic heterocycles. The topological polar surface area (TPSA) is 137 Å². The van der Waals surface area contributed by atoms with Gasteiger partial charge in [0.15, 0.2) is 0 Å². The van der Waals surface area contributed by atoms with Gasteiger partial charge in [0.05, 0.1) is 6.21 Å². The average Bonchev–Trinajstić information content (AvgIpc) is 2.15. The Kier molecular flexibility index (Phi) is 4.06. The average molecular weight is 226 g/mol. The summed E-state index contributed by atoms with van der Waals surface area (Å²) < 4.78 is 0. The van der Waals surface area contributed by atoms with Crippen molar-refractivity contribution in [1.82, 2.24) is 5.43 Å². The number of phenolic OH excluding ortho intramolecular Hbond substituents is 2. The Bertz CT molecular complexity index is 361. The molecule has 0 heterocycles. The summed E-state index contributed by atoms with van der Waals surface area (Å²) in [5, 5.41) is 31.5. The number of aromatic hydroxyl groups is 2. The Morgan fingerprint density at radius 2 is 1.75 bits per heavy atom. The summed E-state index contributed by atoms with van der Waals surface area (Å²) in [5.41, 5.74) is 12.9. The van der Waals surface area contributed by atoms with E-state index in [9.17, 15) is 15.3 Å². The predicted octanol–water partition coefficient (Wildman–Crippen LogP) is -1.09. The summed E-state index contributed by atoms with van der Waals surface area (Å²) in [7, 11) is 0. The molecule has 7 nitrogen and oxygen atoms in total. The number of rotatable bonds is 4. The van der Waals surface area contributed by atoms with Gasteiger partial charge in [-0.1, -0.05) is 0 Å². The van der Waals surface area contributed by atoms with E-state index in [2.05, 4.69) is 10.5 Å². The van der Waals surface area contributed by atoms with Gasteiger partial charge < -0.3 is 15.3 Å². The molecule has 1 aromatic rings. The van der Waals surface area contributed by atoms with Gasteiger partial charge in [0, 0.05) is 6.07 Å². The third-order valence-electron chi connectivity index (χ3n) is 1.71. The molecule has 1 unspecified atom stereocenters. The molecule has 1 atom stereocenters. The fourth-order valence-electron chi connectivity index (χ4n) is 1.07. The Morgan fingerprint density at radius 1 is 1.19 bits per heavy atom. The smallest absolute Gasteiger partial charge is 0.142 e. The molecule has 0 aliphatic heterocycles. The lowest BCUT2D eigenvalue weighted by molar-refractivity contribution is 0.250. The van der Waals surface area contributed by atoms with E-state index in [1.54, 1.807) is 0 Å². The first kappa shape index (κ1) is 12.2. The molecule has 0 amide bonds. The van der Waals surface area contributed by atoms with Gasteiger partial charge in [-0.15, -0.1) is 0 Å². The van der Waals surface area contributed by atoms with Crippen molar-refractivity contribution in [2.24, 2.45) is 16.6 Å². The molecular formula is C9H14N4O3. The number of benzene rings is 1. The largest absolute Gasteiger partial charge is 0.508 e. The van der Waals surface area contributed by atoms with Crippen LogP contribution >= 0.6 is 0 Å². The highest BCUT2D eigenvalue weighted by Crippen LogP contribution is 2.23. The molecule has 1 aromatic carbocycles. The van der Waals surface area contributed by atoms with Crippen molar-refractivity contribution in [3.05, 3.63) is 23.8 Å². The number of aliphatic hydroxyl groups excluding tert-OH is 1. The zero-order valence-electron chi connectivity index (χ0n) is 8.41. The van der Waals surface area contributed by atoms with Crippen LogP contribution in [0.2, 0.25) is 0 Å². The number of hydrogen-bond donors (Lipinski definition) is 6. The van der Waals surface area contributed by atoms with Crippen LogP contribution in [0.1, 0.15) is 11.7 Å². The number of nitrogens with one attached hydrogen (secondary N) is 1. The predicted molar refractivity (Wildman–Crippen MR) is 58.5 cm³/mol. The van der Waals surface area contributed by atoms with Crippen LogP contribution in [0.25, 0.3) is 0 Å². The number of nitrogens with zero attached hydrogens (tertiary/aromatic N) is 1. The van der Waals surface area contributed by atoms with Crippen LogP contribution in [-0.4, -0.2) is 27.8 Å². The summed E-state index contributed by atoms with van der Waals surface area (Å²) in [6.07, 6.45) is -0.758. The van der Waals surface area contributed by atoms with Crippen LogP contribution in [0.15, 0.2) is 23.3 Å². The zero-order valence-corrected chi connectivity index (χ0v) is 8.41. The maximum absolute atomic E-state index is 9.59. The molecule has 0 fully saturated rings. The normalized spacial score (nSPS) is 13.2. The lowest BCUT2D eigenvalue weighted by Crippen LogP contribution is -2.42. The van der Waals surface area contributed by atoms with E-state index in [0.29, 0.717) is 5.56 Å². The van der Waals surface area contributed by atoms with Gasteiger partial charge in [-0.2, -0.15) is 5.10 Å². The van der Waals surface area contributed by atoms with Gasteiger partial charge in [0.1, 0.15) is 23.9 Å². The summed E-state index contributed by atoms with van der Waals surface area (Å²) in [5.74, 6) is -0.295. The van der Waals surface area contributed by atoms with Gasteiger partial charge in [-0.05, 0) is 17.7 Å². The lowest BCUT2D eigenvalue weighted by atomic mass is 10.1. The summed E-state index contributed by atoms with van der Waals surface area (Å²) in [6.45, 7) is 0. The van der Waals surface area contributed by atoms with E-state index < -0.39 is 12.4 Å².